The number of anilines is 1. The van der Waals surface area contributed by atoms with Crippen molar-refractivity contribution in [2.45, 2.75) is 59.3 Å². The Bertz CT molecular complexity index is 943. The number of rotatable bonds is 11. The van der Waals surface area contributed by atoms with Gasteiger partial charge in [0.05, 0.1) is 5.52 Å². The third kappa shape index (κ3) is 5.95. The van der Waals surface area contributed by atoms with Crippen LogP contribution in [0.4, 0.5) is 5.69 Å². The molecule has 0 aliphatic carbocycles. The summed E-state index contributed by atoms with van der Waals surface area (Å²) in [7, 11) is 0. The average molecular weight is 401 g/mol. The number of benzene rings is 2. The summed E-state index contributed by atoms with van der Waals surface area (Å²) >= 11 is 0. The molecule has 0 saturated heterocycles. The maximum Gasteiger partial charge on any atom is 0.0707 e. The lowest BCUT2D eigenvalue weighted by Crippen LogP contribution is -2.25. The van der Waals surface area contributed by atoms with Crippen molar-refractivity contribution in [2.75, 3.05) is 18.0 Å². The van der Waals surface area contributed by atoms with Gasteiger partial charge in [0.1, 0.15) is 0 Å². The Hall–Kier alpha value is -2.61. The fourth-order valence-electron chi connectivity index (χ4n) is 3.96. The van der Waals surface area contributed by atoms with Crippen molar-refractivity contribution in [3.05, 3.63) is 71.4 Å². The van der Waals surface area contributed by atoms with Crippen LogP contribution in [0.2, 0.25) is 0 Å². The summed E-state index contributed by atoms with van der Waals surface area (Å²) < 4.78 is 0. The summed E-state index contributed by atoms with van der Waals surface area (Å²) in [6.07, 6.45) is 14.1. The molecule has 0 fully saturated rings. The number of nitrogens with zero attached hydrogens (tertiary/aromatic N) is 2. The molecular formula is C28H36N2. The molecule has 3 rings (SSSR count). The molecule has 158 valence electrons. The van der Waals surface area contributed by atoms with Crippen molar-refractivity contribution in [2.24, 2.45) is 0 Å². The van der Waals surface area contributed by atoms with Gasteiger partial charge in [0.25, 0.3) is 0 Å². The van der Waals surface area contributed by atoms with E-state index in [9.17, 15) is 0 Å². The molecule has 0 aliphatic rings. The van der Waals surface area contributed by atoms with Crippen molar-refractivity contribution in [1.82, 2.24) is 4.98 Å². The van der Waals surface area contributed by atoms with E-state index in [-0.39, 0.29) is 0 Å². The second-order valence-corrected chi connectivity index (χ2v) is 8.19. The van der Waals surface area contributed by atoms with E-state index < -0.39 is 0 Å². The van der Waals surface area contributed by atoms with Crippen LogP contribution in [0.25, 0.3) is 23.1 Å². The molecule has 0 bridgehead atoms. The van der Waals surface area contributed by atoms with Crippen LogP contribution >= 0.6 is 0 Å². The van der Waals surface area contributed by atoms with Crippen LogP contribution in [-0.2, 0) is 0 Å². The number of fused-ring (bicyclic) bond motifs is 1. The molecular weight excluding hydrogens is 364 g/mol. The summed E-state index contributed by atoms with van der Waals surface area (Å²) in [5.41, 5.74) is 6.23. The van der Waals surface area contributed by atoms with Crippen molar-refractivity contribution in [1.29, 1.82) is 0 Å². The Morgan fingerprint density at radius 1 is 0.800 bits per heavy atom. The lowest BCUT2D eigenvalue weighted by atomic mass is 10.0. The first-order chi connectivity index (χ1) is 14.7. The summed E-state index contributed by atoms with van der Waals surface area (Å²) in [6, 6.07) is 17.4. The number of hydrogen-bond donors (Lipinski definition) is 0. The van der Waals surface area contributed by atoms with E-state index in [1.54, 1.807) is 0 Å². The Kier molecular flexibility index (Phi) is 8.50. The number of unbranched alkanes of at least 4 members (excludes halogenated alkanes) is 4. The highest BCUT2D eigenvalue weighted by atomic mass is 15.1. The molecule has 0 N–H and O–H groups in total. The van der Waals surface area contributed by atoms with Gasteiger partial charge in [-0.3, -0.25) is 4.98 Å². The minimum Gasteiger partial charge on any atom is -0.372 e. The van der Waals surface area contributed by atoms with Crippen LogP contribution in [-0.4, -0.2) is 18.1 Å². The number of hydrogen-bond acceptors (Lipinski definition) is 2. The third-order valence-electron chi connectivity index (χ3n) is 5.81. The van der Waals surface area contributed by atoms with Crippen LogP contribution < -0.4 is 4.90 Å². The number of pyridine rings is 1. The summed E-state index contributed by atoms with van der Waals surface area (Å²) in [4.78, 5) is 7.05. The zero-order valence-corrected chi connectivity index (χ0v) is 18.9. The SMILES string of the molecule is CCCCCN(CCCCC)c1ccc(C=Cc2ccnc3ccccc23)c(C)c1. The Morgan fingerprint density at radius 2 is 1.50 bits per heavy atom. The monoisotopic (exact) mass is 400 g/mol. The molecule has 0 radical (unpaired) electrons. The first-order valence-electron chi connectivity index (χ1n) is 11.6. The van der Waals surface area contributed by atoms with E-state index in [0.29, 0.717) is 0 Å². The largest absolute Gasteiger partial charge is 0.372 e. The fourth-order valence-corrected chi connectivity index (χ4v) is 3.96. The number of para-hydroxylation sites is 1. The standard InChI is InChI=1S/C28H36N2/c1-4-6-10-20-30(21-11-7-5-2)26-17-16-24(23(3)22-26)14-15-25-18-19-29-28-13-9-8-12-27(25)28/h8-9,12-19,22H,4-7,10-11,20-21H2,1-3H3. The molecule has 2 nitrogen and oxygen atoms in total. The van der Waals surface area contributed by atoms with Gasteiger partial charge in [-0.1, -0.05) is 75.9 Å². The van der Waals surface area contributed by atoms with Crippen LogP contribution in [0.5, 0.6) is 0 Å². The van der Waals surface area contributed by atoms with Gasteiger partial charge in [0.2, 0.25) is 0 Å². The summed E-state index contributed by atoms with van der Waals surface area (Å²) in [5, 5.41) is 1.20. The van der Waals surface area contributed by atoms with E-state index in [1.165, 1.54) is 66.3 Å². The molecule has 1 heterocycles. The minimum absolute atomic E-state index is 1.04. The van der Waals surface area contributed by atoms with Crippen molar-refractivity contribution >= 4 is 28.7 Å². The fraction of sp³-hybridized carbons (Fsp3) is 0.393. The van der Waals surface area contributed by atoms with Crippen molar-refractivity contribution in [3.63, 3.8) is 0 Å². The van der Waals surface area contributed by atoms with E-state index >= 15 is 0 Å². The van der Waals surface area contributed by atoms with Gasteiger partial charge in [-0.25, -0.2) is 0 Å². The van der Waals surface area contributed by atoms with Gasteiger partial charge in [-0.05, 0) is 60.7 Å². The van der Waals surface area contributed by atoms with Crippen molar-refractivity contribution in [3.8, 4) is 0 Å². The maximum absolute atomic E-state index is 4.47. The van der Waals surface area contributed by atoms with Gasteiger partial charge in [0.15, 0.2) is 0 Å². The summed E-state index contributed by atoms with van der Waals surface area (Å²) in [6.45, 7) is 9.10. The predicted octanol–water partition coefficient (Wildman–Crippen LogP) is 7.90. The second-order valence-electron chi connectivity index (χ2n) is 8.19. The van der Waals surface area contributed by atoms with Gasteiger partial charge >= 0.3 is 0 Å². The van der Waals surface area contributed by atoms with Crippen LogP contribution in [0, 0.1) is 6.92 Å². The minimum atomic E-state index is 1.04. The van der Waals surface area contributed by atoms with Crippen molar-refractivity contribution < 1.29 is 0 Å². The Balaban J connectivity index is 1.77. The molecule has 0 unspecified atom stereocenters. The van der Waals surface area contributed by atoms with Gasteiger partial charge in [-0.2, -0.15) is 0 Å². The first-order valence-corrected chi connectivity index (χ1v) is 11.6. The van der Waals surface area contributed by atoms with E-state index in [2.05, 4.69) is 85.3 Å². The molecule has 0 atom stereocenters. The van der Waals surface area contributed by atoms with Gasteiger partial charge in [0, 0.05) is 30.4 Å². The highest BCUT2D eigenvalue weighted by molar-refractivity contribution is 5.90. The smallest absolute Gasteiger partial charge is 0.0707 e. The maximum atomic E-state index is 4.47. The quantitative estimate of drug-likeness (QED) is 0.304. The molecule has 1 aromatic heterocycles. The first kappa shape index (κ1) is 22.1. The molecule has 0 amide bonds. The molecule has 0 spiro atoms. The van der Waals surface area contributed by atoms with Crippen LogP contribution in [0.1, 0.15) is 69.1 Å². The lowest BCUT2D eigenvalue weighted by molar-refractivity contribution is 0.636. The zero-order valence-electron chi connectivity index (χ0n) is 18.9. The molecule has 0 aliphatic heterocycles. The number of aromatic nitrogens is 1. The normalized spacial score (nSPS) is 11.4. The molecule has 30 heavy (non-hydrogen) atoms. The van der Waals surface area contributed by atoms with Gasteiger partial charge < -0.3 is 4.90 Å². The third-order valence-corrected chi connectivity index (χ3v) is 5.81. The zero-order chi connectivity index (χ0) is 21.2. The van der Waals surface area contributed by atoms with E-state index in [1.807, 2.05) is 12.3 Å². The lowest BCUT2D eigenvalue weighted by Gasteiger charge is -2.25. The Morgan fingerprint density at radius 3 is 2.20 bits per heavy atom. The highest BCUT2D eigenvalue weighted by Gasteiger charge is 2.08. The Labute approximate surface area is 182 Å². The average Bonchev–Trinajstić information content (AvgIpc) is 2.77. The predicted molar refractivity (Wildman–Crippen MR) is 133 cm³/mol. The van der Waals surface area contributed by atoms with Crippen LogP contribution in [0.15, 0.2) is 54.7 Å². The number of aryl methyl sites for hydroxylation is 1. The molecule has 0 saturated carbocycles. The second kappa shape index (κ2) is 11.5. The van der Waals surface area contributed by atoms with E-state index in [0.717, 1.165) is 18.6 Å². The topological polar surface area (TPSA) is 16.1 Å². The molecule has 2 heteroatoms. The molecule has 2 aromatic carbocycles. The molecule has 3 aromatic rings. The van der Waals surface area contributed by atoms with E-state index in [4.69, 9.17) is 0 Å². The highest BCUT2D eigenvalue weighted by Crippen LogP contribution is 2.24. The van der Waals surface area contributed by atoms with Crippen LogP contribution in [0.3, 0.4) is 0 Å². The summed E-state index contributed by atoms with van der Waals surface area (Å²) in [5.74, 6) is 0. The van der Waals surface area contributed by atoms with Gasteiger partial charge in [-0.15, -0.1) is 0 Å².